The van der Waals surface area contributed by atoms with Gasteiger partial charge in [0.05, 0.1) is 0 Å². The van der Waals surface area contributed by atoms with Gasteiger partial charge in [0.2, 0.25) is 10.0 Å². The van der Waals surface area contributed by atoms with Gasteiger partial charge < -0.3 is 5.73 Å². The van der Waals surface area contributed by atoms with Crippen LogP contribution in [0.2, 0.25) is 0 Å². The molecule has 110 valence electrons. The number of nitrogens with zero attached hydrogens (tertiary/aromatic N) is 3. The SMILES string of the molecule is CC1CN2CCCC2CN1S(=O)(=O)c1ccc(N)nc1. The number of sulfonamides is 1. The molecule has 2 aliphatic rings. The molecule has 1 aromatic heterocycles. The lowest BCUT2D eigenvalue weighted by Crippen LogP contribution is -2.56. The molecule has 0 saturated carbocycles. The summed E-state index contributed by atoms with van der Waals surface area (Å²) in [6.45, 7) is 4.45. The topological polar surface area (TPSA) is 79.5 Å². The molecular formula is C13H20N4O2S. The van der Waals surface area contributed by atoms with Crippen LogP contribution < -0.4 is 5.73 Å². The summed E-state index contributed by atoms with van der Waals surface area (Å²) in [5.41, 5.74) is 5.52. The third-order valence-corrected chi connectivity index (χ3v) is 6.21. The maximum atomic E-state index is 12.7. The molecular weight excluding hydrogens is 276 g/mol. The van der Waals surface area contributed by atoms with E-state index >= 15 is 0 Å². The number of hydrogen-bond acceptors (Lipinski definition) is 5. The Labute approximate surface area is 119 Å². The minimum absolute atomic E-state index is 0.00750. The molecule has 1 aromatic rings. The van der Waals surface area contributed by atoms with Crippen LogP contribution in [0.5, 0.6) is 0 Å². The van der Waals surface area contributed by atoms with Gasteiger partial charge in [0.1, 0.15) is 10.7 Å². The predicted octanol–water partition coefficient (Wildman–Crippen LogP) is 0.521. The fraction of sp³-hybridized carbons (Fsp3) is 0.615. The molecule has 0 radical (unpaired) electrons. The third kappa shape index (κ3) is 2.30. The van der Waals surface area contributed by atoms with E-state index in [1.54, 1.807) is 4.31 Å². The van der Waals surface area contributed by atoms with E-state index in [4.69, 9.17) is 5.73 Å². The number of piperazine rings is 1. The van der Waals surface area contributed by atoms with Crippen LogP contribution in [0.15, 0.2) is 23.2 Å². The van der Waals surface area contributed by atoms with E-state index < -0.39 is 10.0 Å². The minimum atomic E-state index is -3.48. The summed E-state index contributed by atoms with van der Waals surface area (Å²) >= 11 is 0. The number of rotatable bonds is 2. The number of aromatic nitrogens is 1. The van der Waals surface area contributed by atoms with Crippen LogP contribution in [0.4, 0.5) is 5.82 Å². The maximum Gasteiger partial charge on any atom is 0.244 e. The number of hydrogen-bond donors (Lipinski definition) is 1. The van der Waals surface area contributed by atoms with Crippen LogP contribution in [-0.4, -0.2) is 54.3 Å². The van der Waals surface area contributed by atoms with E-state index in [9.17, 15) is 8.42 Å². The van der Waals surface area contributed by atoms with Crippen molar-refractivity contribution >= 4 is 15.8 Å². The molecule has 0 spiro atoms. The van der Waals surface area contributed by atoms with Crippen molar-refractivity contribution in [3.8, 4) is 0 Å². The van der Waals surface area contributed by atoms with Crippen LogP contribution in [0.3, 0.4) is 0 Å². The average Bonchev–Trinajstić information content (AvgIpc) is 2.85. The van der Waals surface area contributed by atoms with Crippen molar-refractivity contribution in [2.75, 3.05) is 25.4 Å². The summed E-state index contributed by atoms with van der Waals surface area (Å²) in [5, 5.41) is 0. The van der Waals surface area contributed by atoms with Gasteiger partial charge in [-0.15, -0.1) is 0 Å². The first-order chi connectivity index (χ1) is 9.48. The second-order valence-corrected chi connectivity index (χ2v) is 7.52. The van der Waals surface area contributed by atoms with E-state index in [0.717, 1.165) is 25.9 Å². The summed E-state index contributed by atoms with van der Waals surface area (Å²) < 4.78 is 27.1. The molecule has 2 unspecified atom stereocenters. The second-order valence-electron chi connectivity index (χ2n) is 5.63. The fourth-order valence-corrected chi connectivity index (χ4v) is 4.78. The van der Waals surface area contributed by atoms with Crippen molar-refractivity contribution < 1.29 is 8.42 Å². The second kappa shape index (κ2) is 4.98. The Morgan fingerprint density at radius 1 is 1.35 bits per heavy atom. The Bertz CT molecular complexity index is 587. The molecule has 2 atom stereocenters. The molecule has 2 fully saturated rings. The van der Waals surface area contributed by atoms with Gasteiger partial charge in [-0.1, -0.05) is 0 Å². The molecule has 0 aliphatic carbocycles. The summed E-state index contributed by atoms with van der Waals surface area (Å²) in [6, 6.07) is 3.42. The summed E-state index contributed by atoms with van der Waals surface area (Å²) in [7, 11) is -3.48. The number of nitrogen functional groups attached to an aromatic ring is 1. The number of anilines is 1. The van der Waals surface area contributed by atoms with Gasteiger partial charge in [0.25, 0.3) is 0 Å². The normalized spacial score (nSPS) is 28.4. The summed E-state index contributed by atoms with van der Waals surface area (Å²) in [6.07, 6.45) is 3.59. The van der Waals surface area contributed by atoms with E-state index in [0.29, 0.717) is 18.4 Å². The zero-order valence-electron chi connectivity index (χ0n) is 11.6. The van der Waals surface area contributed by atoms with Crippen molar-refractivity contribution in [2.45, 2.75) is 36.7 Å². The van der Waals surface area contributed by atoms with Gasteiger partial charge in [-0.25, -0.2) is 13.4 Å². The number of nitrogens with two attached hydrogens (primary N) is 1. The summed E-state index contributed by atoms with van der Waals surface area (Å²) in [5.74, 6) is 0.331. The number of fused-ring (bicyclic) bond motifs is 1. The van der Waals surface area contributed by atoms with Crippen LogP contribution in [0.25, 0.3) is 0 Å². The highest BCUT2D eigenvalue weighted by Crippen LogP contribution is 2.28. The first kappa shape index (κ1) is 13.8. The Morgan fingerprint density at radius 3 is 2.85 bits per heavy atom. The smallest absolute Gasteiger partial charge is 0.244 e. The number of pyridine rings is 1. The molecule has 7 heteroatoms. The van der Waals surface area contributed by atoms with Crippen LogP contribution in [0, 0.1) is 0 Å². The molecule has 2 saturated heterocycles. The summed E-state index contributed by atoms with van der Waals surface area (Å²) in [4.78, 5) is 6.52. The average molecular weight is 296 g/mol. The maximum absolute atomic E-state index is 12.7. The van der Waals surface area contributed by atoms with Crippen molar-refractivity contribution in [3.05, 3.63) is 18.3 Å². The first-order valence-corrected chi connectivity index (χ1v) is 8.40. The van der Waals surface area contributed by atoms with E-state index in [1.807, 2.05) is 6.92 Å². The highest BCUT2D eigenvalue weighted by molar-refractivity contribution is 7.89. The molecule has 3 rings (SSSR count). The molecule has 3 heterocycles. The lowest BCUT2D eigenvalue weighted by atomic mass is 10.1. The van der Waals surface area contributed by atoms with Crippen molar-refractivity contribution in [1.29, 1.82) is 0 Å². The standard InChI is InChI=1S/C13H20N4O2S/c1-10-8-16-6-2-3-11(16)9-17(10)20(18,19)12-4-5-13(14)15-7-12/h4-5,7,10-11H,2-3,6,8-9H2,1H3,(H2,14,15). The quantitative estimate of drug-likeness (QED) is 0.861. The molecule has 0 bridgehead atoms. The lowest BCUT2D eigenvalue weighted by molar-refractivity contribution is 0.117. The predicted molar refractivity (Wildman–Crippen MR) is 76.6 cm³/mol. The van der Waals surface area contributed by atoms with Gasteiger partial charge >= 0.3 is 0 Å². The third-order valence-electron chi connectivity index (χ3n) is 4.25. The van der Waals surface area contributed by atoms with Crippen molar-refractivity contribution in [2.24, 2.45) is 0 Å². The molecule has 20 heavy (non-hydrogen) atoms. The van der Waals surface area contributed by atoms with Crippen LogP contribution in [0.1, 0.15) is 19.8 Å². The highest BCUT2D eigenvalue weighted by atomic mass is 32.2. The van der Waals surface area contributed by atoms with E-state index in [1.165, 1.54) is 18.3 Å². The van der Waals surface area contributed by atoms with Crippen molar-refractivity contribution in [3.63, 3.8) is 0 Å². The van der Waals surface area contributed by atoms with E-state index in [-0.39, 0.29) is 10.9 Å². The zero-order valence-corrected chi connectivity index (χ0v) is 12.4. The Kier molecular flexibility index (Phi) is 3.43. The monoisotopic (exact) mass is 296 g/mol. The van der Waals surface area contributed by atoms with Crippen LogP contribution in [-0.2, 0) is 10.0 Å². The van der Waals surface area contributed by atoms with Gasteiger partial charge in [0.15, 0.2) is 0 Å². The Hall–Kier alpha value is -1.18. The molecule has 0 aromatic carbocycles. The molecule has 6 nitrogen and oxygen atoms in total. The molecule has 0 amide bonds. The minimum Gasteiger partial charge on any atom is -0.384 e. The molecule has 2 aliphatic heterocycles. The first-order valence-electron chi connectivity index (χ1n) is 6.96. The van der Waals surface area contributed by atoms with Crippen molar-refractivity contribution in [1.82, 2.24) is 14.2 Å². The Balaban J connectivity index is 1.88. The highest BCUT2D eigenvalue weighted by Gasteiger charge is 2.40. The largest absolute Gasteiger partial charge is 0.384 e. The lowest BCUT2D eigenvalue weighted by Gasteiger charge is -2.41. The van der Waals surface area contributed by atoms with Gasteiger partial charge in [0, 0.05) is 31.4 Å². The Morgan fingerprint density at radius 2 is 2.15 bits per heavy atom. The molecule has 2 N–H and O–H groups in total. The zero-order chi connectivity index (χ0) is 14.3. The van der Waals surface area contributed by atoms with Gasteiger partial charge in [-0.2, -0.15) is 4.31 Å². The van der Waals surface area contributed by atoms with Crippen LogP contribution >= 0.6 is 0 Å². The fourth-order valence-electron chi connectivity index (χ4n) is 3.18. The van der Waals surface area contributed by atoms with E-state index in [2.05, 4.69) is 9.88 Å². The van der Waals surface area contributed by atoms with Gasteiger partial charge in [-0.3, -0.25) is 4.90 Å². The van der Waals surface area contributed by atoms with Gasteiger partial charge in [-0.05, 0) is 38.4 Å².